The molecule has 2 rings (SSSR count). The summed E-state index contributed by atoms with van der Waals surface area (Å²) in [4.78, 5) is 14.3. The van der Waals surface area contributed by atoms with Gasteiger partial charge in [-0.1, -0.05) is 42.3 Å². The number of benzene rings is 2. The predicted molar refractivity (Wildman–Crippen MR) is 110 cm³/mol. The van der Waals surface area contributed by atoms with Crippen molar-refractivity contribution in [2.24, 2.45) is 0 Å². The maximum atomic E-state index is 11.9. The lowest BCUT2D eigenvalue weighted by Crippen LogP contribution is -2.33. The van der Waals surface area contributed by atoms with E-state index in [4.69, 9.17) is 23.2 Å². The summed E-state index contributed by atoms with van der Waals surface area (Å²) < 4.78 is 0. The fourth-order valence-corrected chi connectivity index (χ4v) is 2.83. The highest BCUT2D eigenvalue weighted by Gasteiger charge is 2.05. The van der Waals surface area contributed by atoms with Crippen LogP contribution in [0.4, 0.5) is 10.5 Å². The second-order valence-electron chi connectivity index (χ2n) is 6.05. The van der Waals surface area contributed by atoms with Gasteiger partial charge in [0.25, 0.3) is 0 Å². The second kappa shape index (κ2) is 11.1. The Hall–Kier alpha value is -1.75. The standard InChI is InChI=1S/C20H25Cl2N3O/c1-2-25(15-12-16-4-6-17(21)7-5-16)14-3-13-23-20(26)24-19-10-8-18(22)9-11-19/h4-11H,2-3,12-15H2,1H3,(H2,23,24,26). The maximum Gasteiger partial charge on any atom is 0.319 e. The van der Waals surface area contributed by atoms with Gasteiger partial charge in [0.1, 0.15) is 0 Å². The molecule has 0 fully saturated rings. The number of nitrogens with zero attached hydrogens (tertiary/aromatic N) is 1. The van der Waals surface area contributed by atoms with E-state index in [2.05, 4.69) is 34.6 Å². The number of anilines is 1. The van der Waals surface area contributed by atoms with Crippen LogP contribution < -0.4 is 10.6 Å². The van der Waals surface area contributed by atoms with E-state index in [1.807, 2.05) is 12.1 Å². The molecule has 0 heterocycles. The largest absolute Gasteiger partial charge is 0.338 e. The van der Waals surface area contributed by atoms with Crippen LogP contribution in [0.2, 0.25) is 10.0 Å². The predicted octanol–water partition coefficient (Wildman–Crippen LogP) is 5.07. The monoisotopic (exact) mass is 393 g/mol. The highest BCUT2D eigenvalue weighted by Crippen LogP contribution is 2.13. The molecule has 0 bridgehead atoms. The van der Waals surface area contributed by atoms with Gasteiger partial charge in [-0.2, -0.15) is 0 Å². The number of urea groups is 1. The fourth-order valence-electron chi connectivity index (χ4n) is 2.58. The molecule has 0 saturated heterocycles. The number of nitrogens with one attached hydrogen (secondary N) is 2. The van der Waals surface area contributed by atoms with E-state index in [-0.39, 0.29) is 6.03 Å². The molecule has 0 spiro atoms. The molecule has 26 heavy (non-hydrogen) atoms. The Kier molecular flexibility index (Phi) is 8.75. The van der Waals surface area contributed by atoms with Crippen molar-refractivity contribution in [1.82, 2.24) is 10.2 Å². The first-order valence-electron chi connectivity index (χ1n) is 8.84. The fraction of sp³-hybridized carbons (Fsp3) is 0.350. The molecule has 0 atom stereocenters. The van der Waals surface area contributed by atoms with E-state index in [0.717, 1.165) is 43.2 Å². The van der Waals surface area contributed by atoms with Crippen molar-refractivity contribution in [3.63, 3.8) is 0 Å². The van der Waals surface area contributed by atoms with Crippen LogP contribution >= 0.6 is 23.2 Å². The summed E-state index contributed by atoms with van der Waals surface area (Å²) in [6, 6.07) is 14.8. The number of likely N-dealkylation sites (N-methyl/N-ethyl adjacent to an activating group) is 1. The van der Waals surface area contributed by atoms with E-state index >= 15 is 0 Å². The molecule has 140 valence electrons. The summed E-state index contributed by atoms with van der Waals surface area (Å²) in [7, 11) is 0. The highest BCUT2D eigenvalue weighted by atomic mass is 35.5. The average Bonchev–Trinajstić information content (AvgIpc) is 2.64. The minimum atomic E-state index is -0.198. The van der Waals surface area contributed by atoms with E-state index in [1.165, 1.54) is 5.56 Å². The molecular weight excluding hydrogens is 369 g/mol. The minimum Gasteiger partial charge on any atom is -0.338 e. The van der Waals surface area contributed by atoms with Crippen molar-refractivity contribution in [2.75, 3.05) is 31.5 Å². The van der Waals surface area contributed by atoms with Crippen molar-refractivity contribution in [3.8, 4) is 0 Å². The van der Waals surface area contributed by atoms with Crippen LogP contribution in [-0.2, 0) is 6.42 Å². The Morgan fingerprint density at radius 1 is 0.962 bits per heavy atom. The molecule has 2 aromatic carbocycles. The van der Waals surface area contributed by atoms with Gasteiger partial charge in [0.05, 0.1) is 0 Å². The smallest absolute Gasteiger partial charge is 0.319 e. The number of halogens is 2. The van der Waals surface area contributed by atoms with Crippen molar-refractivity contribution in [1.29, 1.82) is 0 Å². The molecule has 0 aliphatic carbocycles. The molecule has 0 saturated carbocycles. The zero-order chi connectivity index (χ0) is 18.8. The van der Waals surface area contributed by atoms with E-state index in [0.29, 0.717) is 11.6 Å². The molecule has 2 N–H and O–H groups in total. The molecule has 2 aromatic rings. The summed E-state index contributed by atoms with van der Waals surface area (Å²) in [5.74, 6) is 0. The van der Waals surface area contributed by atoms with Crippen LogP contribution in [0, 0.1) is 0 Å². The molecule has 4 nitrogen and oxygen atoms in total. The van der Waals surface area contributed by atoms with Crippen LogP contribution in [0.1, 0.15) is 18.9 Å². The van der Waals surface area contributed by atoms with Gasteiger partial charge in [0.15, 0.2) is 0 Å². The Bertz CT molecular complexity index is 674. The number of carbonyl (C=O) groups excluding carboxylic acids is 1. The zero-order valence-corrected chi connectivity index (χ0v) is 16.5. The molecule has 0 radical (unpaired) electrons. The van der Waals surface area contributed by atoms with Crippen LogP contribution in [0.3, 0.4) is 0 Å². The third-order valence-corrected chi connectivity index (χ3v) is 4.62. The van der Waals surface area contributed by atoms with Gasteiger partial charge in [-0.15, -0.1) is 0 Å². The number of hydrogen-bond donors (Lipinski definition) is 2. The number of amides is 2. The minimum absolute atomic E-state index is 0.198. The highest BCUT2D eigenvalue weighted by molar-refractivity contribution is 6.30. The Morgan fingerprint density at radius 3 is 2.19 bits per heavy atom. The van der Waals surface area contributed by atoms with Crippen molar-refractivity contribution in [2.45, 2.75) is 19.8 Å². The summed E-state index contributed by atoms with van der Waals surface area (Å²) in [5, 5.41) is 7.09. The first kappa shape index (κ1) is 20.6. The van der Waals surface area contributed by atoms with Crippen LogP contribution in [0.5, 0.6) is 0 Å². The zero-order valence-electron chi connectivity index (χ0n) is 15.0. The number of carbonyl (C=O) groups is 1. The third kappa shape index (κ3) is 7.65. The van der Waals surface area contributed by atoms with Crippen LogP contribution in [0.15, 0.2) is 48.5 Å². The van der Waals surface area contributed by atoms with Gasteiger partial charge < -0.3 is 15.5 Å². The molecule has 0 aliphatic heterocycles. The average molecular weight is 394 g/mol. The molecular formula is C20H25Cl2N3O. The van der Waals surface area contributed by atoms with Gasteiger partial charge in [-0.05, 0) is 67.9 Å². The van der Waals surface area contributed by atoms with E-state index in [1.54, 1.807) is 24.3 Å². The second-order valence-corrected chi connectivity index (χ2v) is 6.92. The summed E-state index contributed by atoms with van der Waals surface area (Å²) in [6.07, 6.45) is 1.90. The first-order valence-corrected chi connectivity index (χ1v) is 9.59. The molecule has 0 unspecified atom stereocenters. The van der Waals surface area contributed by atoms with Gasteiger partial charge in [0, 0.05) is 28.8 Å². The third-order valence-electron chi connectivity index (χ3n) is 4.12. The summed E-state index contributed by atoms with van der Waals surface area (Å²) in [6.45, 7) is 5.73. The van der Waals surface area contributed by atoms with Gasteiger partial charge in [0.2, 0.25) is 0 Å². The molecule has 0 aliphatic rings. The van der Waals surface area contributed by atoms with Gasteiger partial charge >= 0.3 is 6.03 Å². The summed E-state index contributed by atoms with van der Waals surface area (Å²) in [5.41, 5.74) is 2.01. The van der Waals surface area contributed by atoms with Crippen molar-refractivity contribution >= 4 is 34.9 Å². The van der Waals surface area contributed by atoms with Gasteiger partial charge in [-0.25, -0.2) is 4.79 Å². The lowest BCUT2D eigenvalue weighted by Gasteiger charge is -2.20. The van der Waals surface area contributed by atoms with Gasteiger partial charge in [-0.3, -0.25) is 0 Å². The lowest BCUT2D eigenvalue weighted by atomic mass is 10.1. The molecule has 2 amide bonds. The maximum absolute atomic E-state index is 11.9. The Labute approximate surface area is 165 Å². The first-order chi connectivity index (χ1) is 12.6. The SMILES string of the molecule is CCN(CCCNC(=O)Nc1ccc(Cl)cc1)CCc1ccc(Cl)cc1. The molecule has 6 heteroatoms. The van der Waals surface area contributed by atoms with E-state index in [9.17, 15) is 4.79 Å². The molecule has 0 aromatic heterocycles. The normalized spacial score (nSPS) is 10.8. The quantitative estimate of drug-likeness (QED) is 0.584. The van der Waals surface area contributed by atoms with Crippen LogP contribution in [0.25, 0.3) is 0 Å². The summed E-state index contributed by atoms with van der Waals surface area (Å²) >= 11 is 11.7. The number of hydrogen-bond acceptors (Lipinski definition) is 2. The Balaban J connectivity index is 1.62. The van der Waals surface area contributed by atoms with Crippen molar-refractivity contribution < 1.29 is 4.79 Å². The topological polar surface area (TPSA) is 44.4 Å². The Morgan fingerprint density at radius 2 is 1.58 bits per heavy atom. The number of rotatable bonds is 9. The van der Waals surface area contributed by atoms with Crippen molar-refractivity contribution in [3.05, 3.63) is 64.1 Å². The lowest BCUT2D eigenvalue weighted by molar-refractivity contribution is 0.249. The van der Waals surface area contributed by atoms with Crippen LogP contribution in [-0.4, -0.2) is 37.1 Å². The van der Waals surface area contributed by atoms with E-state index < -0.39 is 0 Å².